The van der Waals surface area contributed by atoms with Crippen molar-refractivity contribution in [3.63, 3.8) is 0 Å². The molecule has 0 aliphatic carbocycles. The number of Topliss-reactive ketones (excluding diaryl/α,β-unsaturated/α-hetero) is 1. The van der Waals surface area contributed by atoms with Crippen molar-refractivity contribution in [1.82, 2.24) is 15.1 Å². The second-order valence-corrected chi connectivity index (χ2v) is 6.91. The Balaban J connectivity index is 1.44. The number of aromatic amines is 1. The van der Waals surface area contributed by atoms with Crippen LogP contribution in [-0.2, 0) is 0 Å². The lowest BCUT2D eigenvalue weighted by Crippen LogP contribution is -2.48. The number of nitrogens with one attached hydrogen (secondary N) is 1. The third-order valence-corrected chi connectivity index (χ3v) is 5.14. The summed E-state index contributed by atoms with van der Waals surface area (Å²) in [4.78, 5) is 28.6. The van der Waals surface area contributed by atoms with Crippen molar-refractivity contribution in [3.8, 4) is 11.3 Å². The normalized spacial score (nSPS) is 14.2. The molecule has 2 aromatic carbocycles. The van der Waals surface area contributed by atoms with Crippen molar-refractivity contribution in [3.05, 3.63) is 71.9 Å². The van der Waals surface area contributed by atoms with E-state index in [4.69, 9.17) is 0 Å². The summed E-state index contributed by atoms with van der Waals surface area (Å²) in [5.74, 6) is 0.0653. The van der Waals surface area contributed by atoms with Crippen molar-refractivity contribution in [2.24, 2.45) is 0 Å². The molecule has 1 aliphatic rings. The summed E-state index contributed by atoms with van der Waals surface area (Å²) in [5.41, 5.74) is 4.10. The third kappa shape index (κ3) is 3.53. The maximum Gasteiger partial charge on any atom is 0.257 e. The quantitative estimate of drug-likeness (QED) is 0.712. The predicted molar refractivity (Wildman–Crippen MR) is 109 cm³/mol. The Morgan fingerprint density at radius 3 is 2.25 bits per heavy atom. The van der Waals surface area contributed by atoms with Crippen molar-refractivity contribution in [1.29, 1.82) is 0 Å². The van der Waals surface area contributed by atoms with Crippen molar-refractivity contribution < 1.29 is 9.59 Å². The lowest BCUT2D eigenvalue weighted by Gasteiger charge is -2.36. The van der Waals surface area contributed by atoms with Gasteiger partial charge in [0.25, 0.3) is 5.91 Å². The molecular weight excluding hydrogens is 352 g/mol. The average molecular weight is 374 g/mol. The van der Waals surface area contributed by atoms with E-state index in [0.29, 0.717) is 24.2 Å². The van der Waals surface area contributed by atoms with Crippen LogP contribution in [0.15, 0.2) is 60.8 Å². The molecular formula is C22H22N4O2. The fourth-order valence-corrected chi connectivity index (χ4v) is 3.52. The molecule has 0 atom stereocenters. The standard InChI is InChI=1S/C22H22N4O2/c1-16(27)17-7-9-19(10-8-17)25-11-13-26(14-12-25)22(28)20-15-23-24-21(20)18-5-3-2-4-6-18/h2-10,15H,11-14H2,1H3,(H,23,24). The number of rotatable bonds is 4. The first kappa shape index (κ1) is 18.0. The van der Waals surface area contributed by atoms with Gasteiger partial charge >= 0.3 is 0 Å². The Kier molecular flexibility index (Phi) is 4.93. The molecule has 1 aliphatic heterocycles. The number of anilines is 1. The molecule has 4 rings (SSSR count). The van der Waals surface area contributed by atoms with Crippen molar-refractivity contribution in [2.75, 3.05) is 31.1 Å². The van der Waals surface area contributed by atoms with Gasteiger partial charge in [0.1, 0.15) is 0 Å². The van der Waals surface area contributed by atoms with Crippen LogP contribution in [0.3, 0.4) is 0 Å². The van der Waals surface area contributed by atoms with Crippen LogP contribution in [0, 0.1) is 0 Å². The Morgan fingerprint density at radius 2 is 1.61 bits per heavy atom. The minimum atomic E-state index is -0.000759. The third-order valence-electron chi connectivity index (χ3n) is 5.14. The van der Waals surface area contributed by atoms with Crippen LogP contribution < -0.4 is 4.90 Å². The number of hydrogen-bond donors (Lipinski definition) is 1. The molecule has 0 unspecified atom stereocenters. The average Bonchev–Trinajstić information content (AvgIpc) is 3.24. The number of nitrogens with zero attached hydrogens (tertiary/aromatic N) is 3. The van der Waals surface area contributed by atoms with Gasteiger partial charge in [-0.3, -0.25) is 14.7 Å². The summed E-state index contributed by atoms with van der Waals surface area (Å²) in [5, 5.41) is 7.04. The molecule has 142 valence electrons. The van der Waals surface area contributed by atoms with Gasteiger partial charge in [-0.15, -0.1) is 0 Å². The summed E-state index contributed by atoms with van der Waals surface area (Å²) >= 11 is 0. The molecule has 1 fully saturated rings. The molecule has 1 N–H and O–H groups in total. The van der Waals surface area contributed by atoms with E-state index >= 15 is 0 Å². The van der Waals surface area contributed by atoms with Gasteiger partial charge < -0.3 is 9.80 Å². The van der Waals surface area contributed by atoms with E-state index in [1.807, 2.05) is 59.5 Å². The van der Waals surface area contributed by atoms with Crippen molar-refractivity contribution >= 4 is 17.4 Å². The van der Waals surface area contributed by atoms with Gasteiger partial charge in [-0.1, -0.05) is 30.3 Å². The van der Waals surface area contributed by atoms with Crippen LogP contribution in [0.25, 0.3) is 11.3 Å². The summed E-state index contributed by atoms with van der Waals surface area (Å²) < 4.78 is 0. The zero-order valence-corrected chi connectivity index (χ0v) is 15.8. The van der Waals surface area contributed by atoms with Gasteiger partial charge in [-0.05, 0) is 31.2 Å². The van der Waals surface area contributed by atoms with Crippen LogP contribution in [-0.4, -0.2) is 53.0 Å². The highest BCUT2D eigenvalue weighted by Crippen LogP contribution is 2.23. The number of H-pyrrole nitrogens is 1. The Labute approximate surface area is 163 Å². The van der Waals surface area contributed by atoms with Crippen LogP contribution >= 0.6 is 0 Å². The summed E-state index contributed by atoms with van der Waals surface area (Å²) in [7, 11) is 0. The Hall–Kier alpha value is -3.41. The molecule has 0 bridgehead atoms. The van der Waals surface area contributed by atoms with Gasteiger partial charge in [0.15, 0.2) is 5.78 Å². The minimum Gasteiger partial charge on any atom is -0.368 e. The van der Waals surface area contributed by atoms with Crippen LogP contribution in [0.4, 0.5) is 5.69 Å². The maximum absolute atomic E-state index is 13.0. The largest absolute Gasteiger partial charge is 0.368 e. The van der Waals surface area contributed by atoms with Gasteiger partial charge in [0.2, 0.25) is 0 Å². The first-order valence-electron chi connectivity index (χ1n) is 9.37. The molecule has 0 spiro atoms. The van der Waals surface area contributed by atoms with Crippen LogP contribution in [0.1, 0.15) is 27.6 Å². The fourth-order valence-electron chi connectivity index (χ4n) is 3.52. The molecule has 2 heterocycles. The predicted octanol–water partition coefficient (Wildman–Crippen LogP) is 3.24. The smallest absolute Gasteiger partial charge is 0.257 e. The zero-order chi connectivity index (χ0) is 19.5. The second kappa shape index (κ2) is 7.68. The van der Waals surface area contributed by atoms with Gasteiger partial charge in [-0.2, -0.15) is 5.10 Å². The molecule has 1 saturated heterocycles. The van der Waals surface area contributed by atoms with E-state index in [0.717, 1.165) is 30.0 Å². The Morgan fingerprint density at radius 1 is 0.929 bits per heavy atom. The molecule has 3 aromatic rings. The summed E-state index contributed by atoms with van der Waals surface area (Å²) in [6.07, 6.45) is 1.61. The van der Waals surface area contributed by atoms with Crippen LogP contribution in [0.5, 0.6) is 0 Å². The van der Waals surface area contributed by atoms with E-state index in [1.165, 1.54) is 0 Å². The fraction of sp³-hybridized carbons (Fsp3) is 0.227. The Bertz CT molecular complexity index is 971. The first-order valence-corrected chi connectivity index (χ1v) is 9.37. The lowest BCUT2D eigenvalue weighted by molar-refractivity contribution is 0.0747. The zero-order valence-electron chi connectivity index (χ0n) is 15.8. The minimum absolute atomic E-state index is 0.000759. The van der Waals surface area contributed by atoms with E-state index < -0.39 is 0 Å². The van der Waals surface area contributed by atoms with E-state index in [2.05, 4.69) is 15.1 Å². The second-order valence-electron chi connectivity index (χ2n) is 6.91. The highest BCUT2D eigenvalue weighted by molar-refractivity contribution is 6.00. The SMILES string of the molecule is CC(=O)c1ccc(N2CCN(C(=O)c3cn[nH]c3-c3ccccc3)CC2)cc1. The molecule has 0 saturated carbocycles. The lowest BCUT2D eigenvalue weighted by atomic mass is 10.1. The molecule has 0 radical (unpaired) electrons. The number of carbonyl (C=O) groups is 2. The number of aromatic nitrogens is 2. The molecule has 6 heteroatoms. The number of amides is 1. The molecule has 6 nitrogen and oxygen atoms in total. The molecule has 1 aromatic heterocycles. The van der Waals surface area contributed by atoms with Gasteiger partial charge in [0, 0.05) is 43.0 Å². The molecule has 1 amide bonds. The van der Waals surface area contributed by atoms with Crippen molar-refractivity contribution in [2.45, 2.75) is 6.92 Å². The monoisotopic (exact) mass is 374 g/mol. The molecule has 28 heavy (non-hydrogen) atoms. The van der Waals surface area contributed by atoms with Gasteiger partial charge in [0.05, 0.1) is 17.5 Å². The van der Waals surface area contributed by atoms with E-state index in [1.54, 1.807) is 13.1 Å². The van der Waals surface area contributed by atoms with Crippen LogP contribution in [0.2, 0.25) is 0 Å². The number of piperazine rings is 1. The highest BCUT2D eigenvalue weighted by Gasteiger charge is 2.25. The van der Waals surface area contributed by atoms with E-state index in [-0.39, 0.29) is 11.7 Å². The topological polar surface area (TPSA) is 69.3 Å². The number of ketones is 1. The number of hydrogen-bond acceptors (Lipinski definition) is 4. The highest BCUT2D eigenvalue weighted by atomic mass is 16.2. The first-order chi connectivity index (χ1) is 13.6. The summed E-state index contributed by atoms with van der Waals surface area (Å²) in [6, 6.07) is 17.4. The van der Waals surface area contributed by atoms with Gasteiger partial charge in [-0.25, -0.2) is 0 Å². The van der Waals surface area contributed by atoms with E-state index in [9.17, 15) is 9.59 Å². The number of benzene rings is 2. The number of carbonyl (C=O) groups excluding carboxylic acids is 2. The maximum atomic E-state index is 13.0. The summed E-state index contributed by atoms with van der Waals surface area (Å²) in [6.45, 7) is 4.37.